The average molecular weight is 344 g/mol. The molecule has 0 aromatic heterocycles. The molecule has 1 aromatic carbocycles. The fourth-order valence-electron chi connectivity index (χ4n) is 2.52. The summed E-state index contributed by atoms with van der Waals surface area (Å²) < 4.78 is 44.8. The second kappa shape index (κ2) is 6.80. The van der Waals surface area contributed by atoms with Crippen molar-refractivity contribution in [1.29, 1.82) is 0 Å². The minimum Gasteiger partial charge on any atom is -0.497 e. The van der Waals surface area contributed by atoms with Gasteiger partial charge in [0.05, 0.1) is 13.5 Å². The SMILES string of the molecule is CCCC1=NN(C(=O)Cc2ccc(OC)cc2)[C@@](O)(C(F)(F)F)C1. The number of alkyl halides is 3. The van der Waals surface area contributed by atoms with Crippen LogP contribution in [0.1, 0.15) is 31.7 Å². The molecule has 0 aliphatic carbocycles. The highest BCUT2D eigenvalue weighted by atomic mass is 19.4. The molecule has 132 valence electrons. The second-order valence-electron chi connectivity index (χ2n) is 5.64. The molecule has 5 nitrogen and oxygen atoms in total. The predicted octanol–water partition coefficient (Wildman–Crippen LogP) is 2.88. The molecule has 0 bridgehead atoms. The summed E-state index contributed by atoms with van der Waals surface area (Å²) in [7, 11) is 1.48. The molecule has 0 saturated carbocycles. The molecule has 1 N–H and O–H groups in total. The van der Waals surface area contributed by atoms with Gasteiger partial charge in [-0.3, -0.25) is 4.79 Å². The van der Waals surface area contributed by atoms with Crippen molar-refractivity contribution in [3.05, 3.63) is 29.8 Å². The standard InChI is InChI=1S/C16H19F3N2O3/c1-3-4-12-10-15(23,16(17,18)19)21(20-12)14(22)9-11-5-7-13(24-2)8-6-11/h5-8,23H,3-4,9-10H2,1-2H3/t15-/m0/s1. The molecule has 1 amide bonds. The van der Waals surface area contributed by atoms with Crippen LogP contribution in [0.25, 0.3) is 0 Å². The fraction of sp³-hybridized carbons (Fsp3) is 0.500. The lowest BCUT2D eigenvalue weighted by Gasteiger charge is -2.32. The third-order valence-corrected chi connectivity index (χ3v) is 3.79. The zero-order valence-electron chi connectivity index (χ0n) is 13.4. The van der Waals surface area contributed by atoms with Gasteiger partial charge in [-0.1, -0.05) is 25.5 Å². The van der Waals surface area contributed by atoms with Gasteiger partial charge in [0.15, 0.2) is 0 Å². The summed E-state index contributed by atoms with van der Waals surface area (Å²) in [6.07, 6.45) is -5.12. The van der Waals surface area contributed by atoms with Crippen LogP contribution in [0.2, 0.25) is 0 Å². The van der Waals surface area contributed by atoms with Crippen molar-refractivity contribution < 1.29 is 27.8 Å². The van der Waals surface area contributed by atoms with Gasteiger partial charge in [-0.05, 0) is 24.1 Å². The number of benzene rings is 1. The van der Waals surface area contributed by atoms with E-state index < -0.39 is 24.2 Å². The first-order valence-electron chi connectivity index (χ1n) is 7.52. The van der Waals surface area contributed by atoms with Gasteiger partial charge in [0, 0.05) is 12.1 Å². The van der Waals surface area contributed by atoms with E-state index in [1.54, 1.807) is 31.2 Å². The largest absolute Gasteiger partial charge is 0.497 e. The highest BCUT2D eigenvalue weighted by Gasteiger charge is 2.62. The van der Waals surface area contributed by atoms with Gasteiger partial charge in [-0.2, -0.15) is 23.3 Å². The Bertz CT molecular complexity index is 628. The van der Waals surface area contributed by atoms with E-state index in [0.717, 1.165) is 0 Å². The van der Waals surface area contributed by atoms with Crippen LogP contribution in [0.3, 0.4) is 0 Å². The Balaban J connectivity index is 2.22. The summed E-state index contributed by atoms with van der Waals surface area (Å²) in [4.78, 5) is 12.3. The fourth-order valence-corrected chi connectivity index (χ4v) is 2.52. The minimum atomic E-state index is -4.98. The summed E-state index contributed by atoms with van der Waals surface area (Å²) in [5.74, 6) is -0.339. The zero-order chi connectivity index (χ0) is 18.0. The van der Waals surface area contributed by atoms with Crippen LogP contribution in [0, 0.1) is 0 Å². The molecule has 1 atom stereocenters. The summed E-state index contributed by atoms with van der Waals surface area (Å²) in [5, 5.41) is 14.0. The number of hydrogen-bond acceptors (Lipinski definition) is 4. The van der Waals surface area contributed by atoms with E-state index in [1.165, 1.54) is 7.11 Å². The van der Waals surface area contributed by atoms with Crippen molar-refractivity contribution >= 4 is 11.6 Å². The lowest BCUT2D eigenvalue weighted by Crippen LogP contribution is -2.57. The van der Waals surface area contributed by atoms with E-state index in [0.29, 0.717) is 24.2 Å². The molecular formula is C16H19F3N2O3. The van der Waals surface area contributed by atoms with Crippen LogP contribution >= 0.6 is 0 Å². The van der Waals surface area contributed by atoms with E-state index in [-0.39, 0.29) is 17.1 Å². The van der Waals surface area contributed by atoms with Gasteiger partial charge in [0.1, 0.15) is 5.75 Å². The number of rotatable bonds is 5. The maximum atomic E-state index is 13.3. The van der Waals surface area contributed by atoms with Gasteiger partial charge in [0.25, 0.3) is 5.72 Å². The van der Waals surface area contributed by atoms with Crippen LogP contribution in [0.4, 0.5) is 13.2 Å². The Kier molecular flexibility index (Phi) is 5.17. The maximum Gasteiger partial charge on any atom is 0.438 e. The quantitative estimate of drug-likeness (QED) is 0.893. The molecule has 1 aliphatic heterocycles. The Morgan fingerprint density at radius 1 is 1.38 bits per heavy atom. The number of halogens is 3. The number of methoxy groups -OCH3 is 1. The lowest BCUT2D eigenvalue weighted by atomic mass is 10.0. The predicted molar refractivity (Wildman–Crippen MR) is 81.5 cm³/mol. The number of carbonyl (C=O) groups excluding carboxylic acids is 1. The van der Waals surface area contributed by atoms with E-state index in [9.17, 15) is 23.1 Å². The molecule has 0 unspecified atom stereocenters. The second-order valence-corrected chi connectivity index (χ2v) is 5.64. The molecule has 24 heavy (non-hydrogen) atoms. The minimum absolute atomic E-state index is 0.167. The number of aliphatic hydroxyl groups is 1. The van der Waals surface area contributed by atoms with Gasteiger partial charge < -0.3 is 9.84 Å². The first kappa shape index (κ1) is 18.3. The van der Waals surface area contributed by atoms with Crippen molar-refractivity contribution in [2.75, 3.05) is 7.11 Å². The van der Waals surface area contributed by atoms with Crippen LogP contribution in [-0.4, -0.2) is 40.7 Å². The highest BCUT2D eigenvalue weighted by Crippen LogP contribution is 2.41. The molecule has 1 aromatic rings. The smallest absolute Gasteiger partial charge is 0.438 e. The van der Waals surface area contributed by atoms with Crippen LogP contribution in [0.15, 0.2) is 29.4 Å². The Morgan fingerprint density at radius 2 is 2.00 bits per heavy atom. The first-order valence-corrected chi connectivity index (χ1v) is 7.52. The molecule has 2 rings (SSSR count). The third kappa shape index (κ3) is 3.53. The molecule has 0 spiro atoms. The Morgan fingerprint density at radius 3 is 2.50 bits per heavy atom. The number of hydrazone groups is 1. The van der Waals surface area contributed by atoms with Crippen LogP contribution < -0.4 is 4.74 Å². The summed E-state index contributed by atoms with van der Waals surface area (Å²) in [6, 6.07) is 6.37. The van der Waals surface area contributed by atoms with Gasteiger partial charge >= 0.3 is 6.18 Å². The highest BCUT2D eigenvalue weighted by molar-refractivity contribution is 5.91. The van der Waals surface area contributed by atoms with Gasteiger partial charge in [-0.25, -0.2) is 0 Å². The molecule has 8 heteroatoms. The lowest BCUT2D eigenvalue weighted by molar-refractivity contribution is -0.302. The average Bonchev–Trinajstić information content (AvgIpc) is 2.86. The van der Waals surface area contributed by atoms with Crippen molar-refractivity contribution in [3.8, 4) is 5.75 Å². The summed E-state index contributed by atoms with van der Waals surface area (Å²) in [5.41, 5.74) is -2.61. The normalized spacial score (nSPS) is 20.9. The van der Waals surface area contributed by atoms with Crippen molar-refractivity contribution in [2.45, 2.75) is 44.5 Å². The summed E-state index contributed by atoms with van der Waals surface area (Å²) >= 11 is 0. The van der Waals surface area contributed by atoms with E-state index >= 15 is 0 Å². The molecular weight excluding hydrogens is 325 g/mol. The number of carbonyl (C=O) groups is 1. The number of hydrogen-bond donors (Lipinski definition) is 1. The Labute approximate surface area is 137 Å². The molecule has 1 heterocycles. The van der Waals surface area contributed by atoms with Gasteiger partial charge in [0.2, 0.25) is 5.91 Å². The van der Waals surface area contributed by atoms with Gasteiger partial charge in [-0.15, -0.1) is 0 Å². The number of ether oxygens (including phenoxy) is 1. The molecule has 0 saturated heterocycles. The molecule has 0 radical (unpaired) electrons. The third-order valence-electron chi connectivity index (χ3n) is 3.79. The van der Waals surface area contributed by atoms with Crippen molar-refractivity contribution in [1.82, 2.24) is 5.01 Å². The van der Waals surface area contributed by atoms with E-state index in [2.05, 4.69) is 5.10 Å². The summed E-state index contributed by atoms with van der Waals surface area (Å²) in [6.45, 7) is 1.79. The first-order chi connectivity index (χ1) is 11.2. The number of nitrogens with zero attached hydrogens (tertiary/aromatic N) is 2. The topological polar surface area (TPSA) is 62.1 Å². The van der Waals surface area contributed by atoms with E-state index in [4.69, 9.17) is 4.74 Å². The van der Waals surface area contributed by atoms with E-state index in [1.807, 2.05) is 0 Å². The van der Waals surface area contributed by atoms with Crippen molar-refractivity contribution in [2.24, 2.45) is 5.10 Å². The van der Waals surface area contributed by atoms with Crippen LogP contribution in [-0.2, 0) is 11.2 Å². The molecule has 0 fully saturated rings. The van der Waals surface area contributed by atoms with Crippen molar-refractivity contribution in [3.63, 3.8) is 0 Å². The molecule has 1 aliphatic rings. The van der Waals surface area contributed by atoms with Crippen LogP contribution in [0.5, 0.6) is 5.75 Å². The number of amides is 1. The zero-order valence-corrected chi connectivity index (χ0v) is 13.4. The monoisotopic (exact) mass is 344 g/mol. The maximum absolute atomic E-state index is 13.3. The Hall–Kier alpha value is -2.09.